The lowest BCUT2D eigenvalue weighted by atomic mass is 10.1. The van der Waals surface area contributed by atoms with E-state index in [1.807, 2.05) is 20.8 Å². The molecule has 2 aromatic carbocycles. The monoisotopic (exact) mass is 416 g/mol. The highest BCUT2D eigenvalue weighted by molar-refractivity contribution is 7.18. The minimum absolute atomic E-state index is 0.0630. The second kappa shape index (κ2) is 6.99. The van der Waals surface area contributed by atoms with Crippen molar-refractivity contribution in [2.75, 3.05) is 5.32 Å². The molecule has 30 heavy (non-hydrogen) atoms. The van der Waals surface area contributed by atoms with E-state index in [0.717, 1.165) is 27.5 Å². The van der Waals surface area contributed by atoms with Crippen molar-refractivity contribution in [3.05, 3.63) is 69.1 Å². The van der Waals surface area contributed by atoms with Crippen LogP contribution >= 0.6 is 11.3 Å². The summed E-state index contributed by atoms with van der Waals surface area (Å²) in [7, 11) is 0. The summed E-state index contributed by atoms with van der Waals surface area (Å²) >= 11 is 1.58. The van der Waals surface area contributed by atoms with Crippen molar-refractivity contribution in [2.24, 2.45) is 0 Å². The SMILES string of the molecule is CCn1c2ccccc2c2cc(NC(C)c3nc4sc(C)c(C)c4c(=O)[nH]3)ccc21. The molecule has 3 heterocycles. The quantitative estimate of drug-likeness (QED) is 0.383. The van der Waals surface area contributed by atoms with Crippen molar-refractivity contribution < 1.29 is 0 Å². The van der Waals surface area contributed by atoms with Gasteiger partial charge in [-0.1, -0.05) is 18.2 Å². The maximum Gasteiger partial charge on any atom is 0.259 e. The van der Waals surface area contributed by atoms with Crippen molar-refractivity contribution in [3.63, 3.8) is 0 Å². The van der Waals surface area contributed by atoms with Crippen LogP contribution in [0, 0.1) is 13.8 Å². The van der Waals surface area contributed by atoms with E-state index in [-0.39, 0.29) is 11.6 Å². The summed E-state index contributed by atoms with van der Waals surface area (Å²) < 4.78 is 2.34. The van der Waals surface area contributed by atoms with Crippen molar-refractivity contribution in [1.82, 2.24) is 14.5 Å². The van der Waals surface area contributed by atoms with E-state index in [1.165, 1.54) is 21.8 Å². The highest BCUT2D eigenvalue weighted by Crippen LogP contribution is 2.32. The molecule has 1 unspecified atom stereocenters. The summed E-state index contributed by atoms with van der Waals surface area (Å²) in [4.78, 5) is 22.3. The van der Waals surface area contributed by atoms with Crippen LogP contribution in [-0.4, -0.2) is 14.5 Å². The summed E-state index contributed by atoms with van der Waals surface area (Å²) in [6.07, 6.45) is 0. The Kier molecular flexibility index (Phi) is 4.40. The molecule has 2 N–H and O–H groups in total. The summed E-state index contributed by atoms with van der Waals surface area (Å²) in [5.74, 6) is 0.657. The van der Waals surface area contributed by atoms with E-state index in [1.54, 1.807) is 11.3 Å². The number of aromatic nitrogens is 3. The van der Waals surface area contributed by atoms with E-state index in [4.69, 9.17) is 4.98 Å². The van der Waals surface area contributed by atoms with E-state index in [9.17, 15) is 4.79 Å². The maximum absolute atomic E-state index is 12.6. The number of H-pyrrole nitrogens is 1. The summed E-state index contributed by atoms with van der Waals surface area (Å²) in [5.41, 5.74) is 4.45. The van der Waals surface area contributed by atoms with Gasteiger partial charge < -0.3 is 14.9 Å². The lowest BCUT2D eigenvalue weighted by Crippen LogP contribution is -2.17. The molecule has 3 aromatic heterocycles. The molecule has 0 amide bonds. The van der Waals surface area contributed by atoms with Gasteiger partial charge in [0.2, 0.25) is 0 Å². The fourth-order valence-corrected chi connectivity index (χ4v) is 5.32. The predicted octanol–water partition coefficient (Wildman–Crippen LogP) is 5.90. The molecule has 0 aliphatic heterocycles. The van der Waals surface area contributed by atoms with Gasteiger partial charge in [-0.15, -0.1) is 11.3 Å². The number of benzene rings is 2. The number of hydrogen-bond acceptors (Lipinski definition) is 4. The molecule has 0 spiro atoms. The first-order valence-corrected chi connectivity index (χ1v) is 11.1. The first-order valence-electron chi connectivity index (χ1n) is 10.3. The van der Waals surface area contributed by atoms with Gasteiger partial charge in [0, 0.05) is 38.9 Å². The van der Waals surface area contributed by atoms with Crippen LogP contribution in [-0.2, 0) is 6.54 Å². The molecule has 0 aliphatic carbocycles. The Morgan fingerprint density at radius 1 is 1.13 bits per heavy atom. The lowest BCUT2D eigenvalue weighted by Gasteiger charge is -2.15. The molecule has 5 aromatic rings. The Morgan fingerprint density at radius 2 is 1.90 bits per heavy atom. The molecule has 152 valence electrons. The third kappa shape index (κ3) is 2.82. The molecule has 6 heteroatoms. The molecule has 5 nitrogen and oxygen atoms in total. The second-order valence-electron chi connectivity index (χ2n) is 7.77. The van der Waals surface area contributed by atoms with Gasteiger partial charge in [0.05, 0.1) is 11.4 Å². The Labute approximate surface area is 178 Å². The number of fused-ring (bicyclic) bond motifs is 4. The average molecular weight is 417 g/mol. The van der Waals surface area contributed by atoms with Crippen molar-refractivity contribution in [3.8, 4) is 0 Å². The Hall–Kier alpha value is -3.12. The van der Waals surface area contributed by atoms with Crippen LogP contribution < -0.4 is 10.9 Å². The van der Waals surface area contributed by atoms with Crippen molar-refractivity contribution >= 4 is 49.0 Å². The predicted molar refractivity (Wildman–Crippen MR) is 127 cm³/mol. The van der Waals surface area contributed by atoms with Gasteiger partial charge in [0.1, 0.15) is 10.7 Å². The number of thiophene rings is 1. The third-order valence-corrected chi connectivity index (χ3v) is 7.04. The first kappa shape index (κ1) is 18.9. The summed E-state index contributed by atoms with van der Waals surface area (Å²) in [6, 6.07) is 14.8. The number of aromatic amines is 1. The van der Waals surface area contributed by atoms with Gasteiger partial charge in [0.15, 0.2) is 0 Å². The number of rotatable bonds is 4. The molecule has 0 saturated carbocycles. The Balaban J connectivity index is 1.55. The fraction of sp³-hybridized carbons (Fsp3) is 0.250. The van der Waals surface area contributed by atoms with Crippen molar-refractivity contribution in [1.29, 1.82) is 0 Å². The zero-order valence-electron chi connectivity index (χ0n) is 17.5. The molecule has 0 bridgehead atoms. The topological polar surface area (TPSA) is 62.7 Å². The van der Waals surface area contributed by atoms with Gasteiger partial charge in [-0.3, -0.25) is 4.79 Å². The molecule has 0 aliphatic rings. The lowest BCUT2D eigenvalue weighted by molar-refractivity contribution is 0.792. The van der Waals surface area contributed by atoms with Gasteiger partial charge in [-0.25, -0.2) is 4.98 Å². The number of para-hydroxylation sites is 1. The summed E-state index contributed by atoms with van der Waals surface area (Å²) in [5, 5.41) is 6.71. The van der Waals surface area contributed by atoms with Crippen LogP contribution in [0.2, 0.25) is 0 Å². The normalized spacial score (nSPS) is 12.8. The Bertz CT molecular complexity index is 1470. The van der Waals surface area contributed by atoms with Gasteiger partial charge in [-0.05, 0) is 57.5 Å². The average Bonchev–Trinajstić information content (AvgIpc) is 3.21. The van der Waals surface area contributed by atoms with Gasteiger partial charge in [-0.2, -0.15) is 0 Å². The van der Waals surface area contributed by atoms with E-state index < -0.39 is 0 Å². The zero-order chi connectivity index (χ0) is 21.0. The van der Waals surface area contributed by atoms with Gasteiger partial charge >= 0.3 is 0 Å². The second-order valence-corrected chi connectivity index (χ2v) is 8.98. The highest BCUT2D eigenvalue weighted by atomic mass is 32.1. The van der Waals surface area contributed by atoms with Crippen LogP contribution in [0.4, 0.5) is 5.69 Å². The van der Waals surface area contributed by atoms with Crippen LogP contribution in [0.15, 0.2) is 47.3 Å². The van der Waals surface area contributed by atoms with Crippen molar-refractivity contribution in [2.45, 2.75) is 40.3 Å². The fourth-order valence-electron chi connectivity index (χ4n) is 4.28. The molecule has 0 fully saturated rings. The number of hydrogen-bond donors (Lipinski definition) is 2. The summed E-state index contributed by atoms with van der Waals surface area (Å²) in [6.45, 7) is 9.14. The number of aryl methyl sites for hydroxylation is 3. The smallest absolute Gasteiger partial charge is 0.259 e. The van der Waals surface area contributed by atoms with E-state index in [0.29, 0.717) is 11.2 Å². The maximum atomic E-state index is 12.6. The van der Waals surface area contributed by atoms with E-state index >= 15 is 0 Å². The number of nitrogens with one attached hydrogen (secondary N) is 2. The number of nitrogens with zero attached hydrogens (tertiary/aromatic N) is 2. The van der Waals surface area contributed by atoms with E-state index in [2.05, 4.69) is 64.3 Å². The molecule has 5 rings (SSSR count). The first-order chi connectivity index (χ1) is 14.5. The van der Waals surface area contributed by atoms with Crippen LogP contribution in [0.25, 0.3) is 32.0 Å². The molecule has 0 radical (unpaired) electrons. The Morgan fingerprint density at radius 3 is 2.70 bits per heavy atom. The third-order valence-electron chi connectivity index (χ3n) is 5.94. The molecular weight excluding hydrogens is 392 g/mol. The standard InChI is InChI=1S/C24H24N4OS/c1-5-28-19-9-7-6-8-17(19)18-12-16(10-11-20(18)28)25-14(3)22-26-23(29)21-13(2)15(4)30-24(21)27-22/h6-12,14,25H,5H2,1-4H3,(H,26,27,29). The number of anilines is 1. The molecule has 0 saturated heterocycles. The largest absolute Gasteiger partial charge is 0.375 e. The zero-order valence-corrected chi connectivity index (χ0v) is 18.4. The minimum Gasteiger partial charge on any atom is -0.375 e. The van der Waals surface area contributed by atoms with Crippen LogP contribution in [0.1, 0.15) is 36.2 Å². The minimum atomic E-state index is -0.123. The highest BCUT2D eigenvalue weighted by Gasteiger charge is 2.16. The van der Waals surface area contributed by atoms with Crippen LogP contribution in [0.3, 0.4) is 0 Å². The molecule has 1 atom stereocenters. The van der Waals surface area contributed by atoms with Gasteiger partial charge in [0.25, 0.3) is 5.56 Å². The molecular formula is C24H24N4OS. The van der Waals surface area contributed by atoms with Crippen LogP contribution in [0.5, 0.6) is 0 Å².